The zero-order valence-corrected chi connectivity index (χ0v) is 33.7. The van der Waals surface area contributed by atoms with Gasteiger partial charge >= 0.3 is 18.6 Å². The standard InChI is InChI=1S/4C10H20O2.V/c4*1-2-3-4-5-6-7-8-9-10(11)12;/h4*2-9H2,1H3,(H,11,12);/q;;;;+4/p-4. The molecule has 0 heterocycles. The molecule has 0 aromatic rings. The summed E-state index contributed by atoms with van der Waals surface area (Å²) in [5.41, 5.74) is 0. The third kappa shape index (κ3) is 77.3. The molecule has 0 N–H and O–H groups in total. The van der Waals surface area contributed by atoms with Gasteiger partial charge in [-0.15, -0.1) is 0 Å². The van der Waals surface area contributed by atoms with Crippen LogP contribution >= 0.6 is 0 Å². The summed E-state index contributed by atoms with van der Waals surface area (Å²) in [6.07, 6.45) is 33.4. The number of hydrogen-bond donors (Lipinski definition) is 0. The quantitative estimate of drug-likeness (QED) is 0.0642. The van der Waals surface area contributed by atoms with Gasteiger partial charge in [0.25, 0.3) is 0 Å². The Hall–Kier alpha value is -1.54. The molecule has 0 aromatic carbocycles. The first kappa shape index (κ1) is 56.8. The van der Waals surface area contributed by atoms with Crippen molar-refractivity contribution in [2.75, 3.05) is 0 Å². The number of unbranched alkanes of at least 4 members (excludes halogenated alkanes) is 24. The monoisotopic (exact) mass is 735 g/mol. The van der Waals surface area contributed by atoms with E-state index in [1.165, 1.54) is 128 Å². The Kier molecular flexibility index (Phi) is 61.8. The zero-order valence-electron chi connectivity index (χ0n) is 32.3. The molecule has 1 radical (unpaired) electrons. The predicted molar refractivity (Wildman–Crippen MR) is 190 cm³/mol. The topological polar surface area (TPSA) is 161 Å². The third-order valence-electron chi connectivity index (χ3n) is 7.94. The van der Waals surface area contributed by atoms with E-state index in [2.05, 4.69) is 27.7 Å². The minimum absolute atomic E-state index is 0. The van der Waals surface area contributed by atoms with Gasteiger partial charge in [-0.2, -0.15) is 0 Å². The van der Waals surface area contributed by atoms with Crippen molar-refractivity contribution in [1.82, 2.24) is 0 Å². The molecule has 0 fully saturated rings. The Bertz CT molecular complexity index is 561. The van der Waals surface area contributed by atoms with E-state index in [-0.39, 0.29) is 44.2 Å². The van der Waals surface area contributed by atoms with Gasteiger partial charge in [-0.05, 0) is 51.4 Å². The van der Waals surface area contributed by atoms with Crippen LogP contribution in [0.3, 0.4) is 0 Å². The van der Waals surface area contributed by atoms with Gasteiger partial charge in [0.15, 0.2) is 0 Å². The number of rotatable bonds is 32. The third-order valence-corrected chi connectivity index (χ3v) is 7.94. The molecular weight excluding hydrogens is 659 g/mol. The van der Waals surface area contributed by atoms with Gasteiger partial charge in [0.1, 0.15) is 0 Å². The molecule has 0 bridgehead atoms. The van der Waals surface area contributed by atoms with E-state index in [1.807, 2.05) is 0 Å². The van der Waals surface area contributed by atoms with Crippen LogP contribution in [0, 0.1) is 0 Å². The van der Waals surface area contributed by atoms with Gasteiger partial charge in [-0.3, -0.25) is 0 Å². The smallest absolute Gasteiger partial charge is 0.550 e. The van der Waals surface area contributed by atoms with Crippen LogP contribution in [0.5, 0.6) is 0 Å². The van der Waals surface area contributed by atoms with Crippen molar-refractivity contribution in [1.29, 1.82) is 0 Å². The Labute approximate surface area is 314 Å². The minimum Gasteiger partial charge on any atom is -0.550 e. The SMILES string of the molecule is CCCCCCCCCC(=O)[O-].CCCCCCCCCC(=O)[O-].CCCCCCCCCC(=O)[O-].CCCCCCCCCC(=O)[O-].[V+4]. The molecule has 0 aliphatic rings. The van der Waals surface area contributed by atoms with E-state index in [0.29, 0.717) is 0 Å². The van der Waals surface area contributed by atoms with Crippen LogP contribution in [0.1, 0.15) is 233 Å². The molecule has 0 saturated carbocycles. The van der Waals surface area contributed by atoms with Crippen molar-refractivity contribution in [3.8, 4) is 0 Å². The summed E-state index contributed by atoms with van der Waals surface area (Å²) in [4.78, 5) is 40.1. The Morgan fingerprint density at radius 2 is 0.388 bits per heavy atom. The molecule has 0 amide bonds. The Morgan fingerprint density at radius 3 is 0.510 bits per heavy atom. The molecule has 0 aliphatic heterocycles. The molecule has 0 atom stereocenters. The number of carboxylic acid groups (broad SMARTS) is 4. The van der Waals surface area contributed by atoms with E-state index in [9.17, 15) is 39.6 Å². The molecular formula is C40H76O8V. The summed E-state index contributed by atoms with van der Waals surface area (Å²) in [5, 5.41) is 40.1. The van der Waals surface area contributed by atoms with E-state index < -0.39 is 23.9 Å². The summed E-state index contributed by atoms with van der Waals surface area (Å²) in [6.45, 7) is 8.76. The van der Waals surface area contributed by atoms with Crippen molar-refractivity contribution < 1.29 is 58.2 Å². The molecule has 0 aliphatic carbocycles. The average Bonchev–Trinajstić information content (AvgIpc) is 3.03. The number of aliphatic carboxylic acids is 4. The number of carbonyl (C=O) groups excluding carboxylic acids is 4. The number of hydrogen-bond acceptors (Lipinski definition) is 8. The Balaban J connectivity index is -0.000000174. The molecule has 0 saturated heterocycles. The van der Waals surface area contributed by atoms with Crippen LogP contribution in [0.2, 0.25) is 0 Å². The molecule has 0 aromatic heterocycles. The van der Waals surface area contributed by atoms with Crippen LogP contribution in [0.15, 0.2) is 0 Å². The molecule has 0 rings (SSSR count). The van der Waals surface area contributed by atoms with Gasteiger partial charge in [-0.1, -0.05) is 182 Å². The first-order chi connectivity index (χ1) is 23.1. The van der Waals surface area contributed by atoms with Crippen molar-refractivity contribution >= 4 is 23.9 Å². The minimum atomic E-state index is -0.913. The van der Waals surface area contributed by atoms with Crippen LogP contribution in [0.4, 0.5) is 0 Å². The van der Waals surface area contributed by atoms with Gasteiger partial charge in [-0.25, -0.2) is 0 Å². The number of carboxylic acids is 4. The summed E-state index contributed by atoms with van der Waals surface area (Å²) < 4.78 is 0. The fourth-order valence-corrected chi connectivity index (χ4v) is 4.91. The van der Waals surface area contributed by atoms with E-state index >= 15 is 0 Å². The molecule has 0 spiro atoms. The summed E-state index contributed by atoms with van der Waals surface area (Å²) in [7, 11) is 0. The second-order valence-corrected chi connectivity index (χ2v) is 13.0. The summed E-state index contributed by atoms with van der Waals surface area (Å²) in [6, 6.07) is 0. The number of carbonyl (C=O) groups is 4. The first-order valence-electron chi connectivity index (χ1n) is 19.9. The predicted octanol–water partition coefficient (Wildman–Crippen LogP) is 7.51. The molecule has 289 valence electrons. The average molecular weight is 736 g/mol. The second kappa shape index (κ2) is 53.3. The maximum atomic E-state index is 10.0. The first-order valence-corrected chi connectivity index (χ1v) is 19.9. The van der Waals surface area contributed by atoms with Crippen LogP contribution < -0.4 is 20.4 Å². The van der Waals surface area contributed by atoms with Crippen LogP contribution in [0.25, 0.3) is 0 Å². The fourth-order valence-electron chi connectivity index (χ4n) is 4.91. The maximum absolute atomic E-state index is 10.0. The zero-order chi connectivity index (χ0) is 36.9. The van der Waals surface area contributed by atoms with Crippen molar-refractivity contribution in [3.63, 3.8) is 0 Å². The van der Waals surface area contributed by atoms with Gasteiger partial charge < -0.3 is 39.6 Å². The van der Waals surface area contributed by atoms with Crippen LogP contribution in [-0.2, 0) is 37.7 Å². The van der Waals surface area contributed by atoms with E-state index in [0.717, 1.165) is 51.4 Å². The normalized spacial score (nSPS) is 9.88. The maximum Gasteiger partial charge on any atom is 4.00 e. The molecule has 0 unspecified atom stereocenters. The van der Waals surface area contributed by atoms with E-state index in [1.54, 1.807) is 0 Å². The van der Waals surface area contributed by atoms with Crippen molar-refractivity contribution in [2.45, 2.75) is 233 Å². The largest absolute Gasteiger partial charge is 4.00 e. The Morgan fingerprint density at radius 1 is 0.265 bits per heavy atom. The fraction of sp³-hybridized carbons (Fsp3) is 0.900. The van der Waals surface area contributed by atoms with Crippen LogP contribution in [-0.4, -0.2) is 23.9 Å². The van der Waals surface area contributed by atoms with Crippen molar-refractivity contribution in [3.05, 3.63) is 0 Å². The summed E-state index contributed by atoms with van der Waals surface area (Å²) in [5.74, 6) is -3.65. The van der Waals surface area contributed by atoms with Crippen molar-refractivity contribution in [2.24, 2.45) is 0 Å². The molecule has 49 heavy (non-hydrogen) atoms. The molecule has 8 nitrogen and oxygen atoms in total. The summed E-state index contributed by atoms with van der Waals surface area (Å²) >= 11 is 0. The second-order valence-electron chi connectivity index (χ2n) is 13.0. The van der Waals surface area contributed by atoms with Gasteiger partial charge in [0.05, 0.1) is 0 Å². The van der Waals surface area contributed by atoms with Gasteiger partial charge in [0, 0.05) is 23.9 Å². The van der Waals surface area contributed by atoms with Gasteiger partial charge in [0.2, 0.25) is 0 Å². The molecule has 9 heteroatoms. The van der Waals surface area contributed by atoms with E-state index in [4.69, 9.17) is 0 Å².